The molecular formula is C14H21FN2O2S. The Morgan fingerprint density at radius 2 is 1.90 bits per heavy atom. The average Bonchev–Trinajstić information content (AvgIpc) is 2.38. The topological polar surface area (TPSA) is 63.4 Å². The van der Waals surface area contributed by atoms with E-state index in [-0.39, 0.29) is 10.6 Å². The molecule has 1 aliphatic rings. The number of nitrogen functional groups attached to an aromatic ring is 1. The van der Waals surface area contributed by atoms with Gasteiger partial charge in [0, 0.05) is 13.1 Å². The van der Waals surface area contributed by atoms with E-state index in [0.29, 0.717) is 24.9 Å². The molecule has 0 saturated carbocycles. The third-order valence-electron chi connectivity index (χ3n) is 4.04. The van der Waals surface area contributed by atoms with Crippen molar-refractivity contribution in [3.8, 4) is 0 Å². The Bertz CT molecular complexity index is 559. The number of piperidine rings is 1. The van der Waals surface area contributed by atoms with Gasteiger partial charge in [0.05, 0.1) is 5.69 Å². The Kier molecular flexibility index (Phi) is 4.34. The van der Waals surface area contributed by atoms with Gasteiger partial charge in [0.2, 0.25) is 10.0 Å². The molecule has 20 heavy (non-hydrogen) atoms. The largest absolute Gasteiger partial charge is 0.398 e. The molecule has 0 bridgehead atoms. The number of anilines is 1. The van der Waals surface area contributed by atoms with E-state index in [1.807, 2.05) is 0 Å². The quantitative estimate of drug-likeness (QED) is 0.872. The molecule has 2 rings (SSSR count). The highest BCUT2D eigenvalue weighted by Crippen LogP contribution is 2.31. The van der Waals surface area contributed by atoms with Crippen molar-refractivity contribution in [1.29, 1.82) is 0 Å². The number of hydrogen-bond acceptors (Lipinski definition) is 3. The van der Waals surface area contributed by atoms with Crippen molar-refractivity contribution in [2.24, 2.45) is 11.8 Å². The van der Waals surface area contributed by atoms with Crippen LogP contribution in [-0.2, 0) is 10.0 Å². The fourth-order valence-electron chi connectivity index (χ4n) is 2.71. The van der Waals surface area contributed by atoms with Crippen LogP contribution in [-0.4, -0.2) is 25.8 Å². The summed E-state index contributed by atoms with van der Waals surface area (Å²) in [6.45, 7) is 5.14. The van der Waals surface area contributed by atoms with Crippen LogP contribution in [0.2, 0.25) is 0 Å². The lowest BCUT2D eigenvalue weighted by Gasteiger charge is -2.33. The highest BCUT2D eigenvalue weighted by molar-refractivity contribution is 7.89. The molecule has 1 fully saturated rings. The molecule has 1 heterocycles. The zero-order chi connectivity index (χ0) is 14.9. The minimum Gasteiger partial charge on any atom is -0.398 e. The highest BCUT2D eigenvalue weighted by Gasteiger charge is 2.33. The van der Waals surface area contributed by atoms with Crippen LogP contribution in [0.5, 0.6) is 0 Å². The van der Waals surface area contributed by atoms with Gasteiger partial charge in [0.15, 0.2) is 0 Å². The van der Waals surface area contributed by atoms with E-state index in [0.717, 1.165) is 18.9 Å². The summed E-state index contributed by atoms with van der Waals surface area (Å²) in [5.74, 6) is 0.286. The van der Waals surface area contributed by atoms with Gasteiger partial charge in [0.25, 0.3) is 0 Å². The number of sulfonamides is 1. The summed E-state index contributed by atoms with van der Waals surface area (Å²) >= 11 is 0. The van der Waals surface area contributed by atoms with Crippen molar-refractivity contribution in [2.75, 3.05) is 18.8 Å². The van der Waals surface area contributed by atoms with Crippen LogP contribution in [0, 0.1) is 17.7 Å². The van der Waals surface area contributed by atoms with Gasteiger partial charge in [-0.1, -0.05) is 19.9 Å². The number of benzene rings is 1. The second kappa shape index (κ2) is 5.69. The summed E-state index contributed by atoms with van der Waals surface area (Å²) in [5.41, 5.74) is 5.61. The van der Waals surface area contributed by atoms with Crippen LogP contribution in [0.25, 0.3) is 0 Å². The first-order valence-electron chi connectivity index (χ1n) is 6.88. The van der Waals surface area contributed by atoms with E-state index in [2.05, 4.69) is 13.8 Å². The van der Waals surface area contributed by atoms with Crippen LogP contribution >= 0.6 is 0 Å². The molecule has 1 saturated heterocycles. The summed E-state index contributed by atoms with van der Waals surface area (Å²) < 4.78 is 40.2. The minimum absolute atomic E-state index is 0.0315. The second-order valence-corrected chi connectivity index (χ2v) is 7.52. The van der Waals surface area contributed by atoms with Crippen molar-refractivity contribution in [2.45, 2.75) is 31.6 Å². The van der Waals surface area contributed by atoms with E-state index < -0.39 is 15.8 Å². The zero-order valence-electron chi connectivity index (χ0n) is 11.8. The molecule has 0 unspecified atom stereocenters. The lowest BCUT2D eigenvalue weighted by molar-refractivity contribution is 0.226. The summed E-state index contributed by atoms with van der Waals surface area (Å²) in [5, 5.41) is 0. The molecule has 1 aromatic rings. The molecule has 1 aliphatic heterocycles. The standard InChI is InChI=1S/C14H21FN2O2S/c1-10(2)11-6-8-17(9-7-11)20(18,19)14-12(15)4-3-5-13(14)16/h3-5,10-11H,6-9,16H2,1-2H3. The summed E-state index contributed by atoms with van der Waals surface area (Å²) in [7, 11) is -3.84. The number of hydrogen-bond donors (Lipinski definition) is 1. The predicted molar refractivity (Wildman–Crippen MR) is 77.1 cm³/mol. The molecule has 0 aliphatic carbocycles. The molecule has 1 aromatic carbocycles. The average molecular weight is 300 g/mol. The Morgan fingerprint density at radius 1 is 1.30 bits per heavy atom. The normalized spacial score (nSPS) is 18.6. The van der Waals surface area contributed by atoms with E-state index in [1.54, 1.807) is 0 Å². The first-order valence-corrected chi connectivity index (χ1v) is 8.32. The predicted octanol–water partition coefficient (Wildman–Crippen LogP) is 2.46. The molecule has 6 heteroatoms. The zero-order valence-corrected chi connectivity index (χ0v) is 12.7. The smallest absolute Gasteiger partial charge is 0.248 e. The minimum atomic E-state index is -3.84. The molecule has 4 nitrogen and oxygen atoms in total. The maximum absolute atomic E-state index is 13.8. The van der Waals surface area contributed by atoms with Crippen molar-refractivity contribution in [3.05, 3.63) is 24.0 Å². The van der Waals surface area contributed by atoms with Crippen LogP contribution in [0.1, 0.15) is 26.7 Å². The van der Waals surface area contributed by atoms with Gasteiger partial charge >= 0.3 is 0 Å². The third-order valence-corrected chi connectivity index (χ3v) is 6.03. The molecule has 112 valence electrons. The molecule has 0 atom stereocenters. The Morgan fingerprint density at radius 3 is 2.40 bits per heavy atom. The maximum Gasteiger partial charge on any atom is 0.248 e. The van der Waals surface area contributed by atoms with Crippen molar-refractivity contribution < 1.29 is 12.8 Å². The molecule has 0 radical (unpaired) electrons. The number of halogens is 1. The number of nitrogens with zero attached hydrogens (tertiary/aromatic N) is 1. The van der Waals surface area contributed by atoms with Gasteiger partial charge in [0.1, 0.15) is 10.7 Å². The van der Waals surface area contributed by atoms with Gasteiger partial charge in [-0.15, -0.1) is 0 Å². The highest BCUT2D eigenvalue weighted by atomic mass is 32.2. The van der Waals surface area contributed by atoms with E-state index >= 15 is 0 Å². The monoisotopic (exact) mass is 300 g/mol. The Hall–Kier alpha value is -1.14. The molecule has 0 aromatic heterocycles. The van der Waals surface area contributed by atoms with Gasteiger partial charge in [-0.2, -0.15) is 4.31 Å². The SMILES string of the molecule is CC(C)C1CCN(S(=O)(=O)c2c(N)cccc2F)CC1. The first-order chi connectivity index (χ1) is 9.34. The van der Waals surface area contributed by atoms with Crippen LogP contribution < -0.4 is 5.73 Å². The number of nitrogens with two attached hydrogens (primary N) is 1. The van der Waals surface area contributed by atoms with Crippen LogP contribution in [0.3, 0.4) is 0 Å². The Labute approximate surface area is 119 Å². The van der Waals surface area contributed by atoms with Crippen molar-refractivity contribution >= 4 is 15.7 Å². The Balaban J connectivity index is 2.25. The van der Waals surface area contributed by atoms with E-state index in [4.69, 9.17) is 5.73 Å². The molecular weight excluding hydrogens is 279 g/mol. The summed E-state index contributed by atoms with van der Waals surface area (Å²) in [4.78, 5) is -0.386. The van der Waals surface area contributed by atoms with Gasteiger partial charge < -0.3 is 5.73 Å². The van der Waals surface area contributed by atoms with Crippen LogP contribution in [0.15, 0.2) is 23.1 Å². The van der Waals surface area contributed by atoms with Crippen molar-refractivity contribution in [1.82, 2.24) is 4.31 Å². The van der Waals surface area contributed by atoms with Gasteiger partial charge in [-0.25, -0.2) is 12.8 Å². The maximum atomic E-state index is 13.8. The van der Waals surface area contributed by atoms with E-state index in [1.165, 1.54) is 16.4 Å². The van der Waals surface area contributed by atoms with Crippen molar-refractivity contribution in [3.63, 3.8) is 0 Å². The fourth-order valence-corrected chi connectivity index (χ4v) is 4.34. The fraction of sp³-hybridized carbons (Fsp3) is 0.571. The molecule has 0 amide bonds. The molecule has 0 spiro atoms. The lowest BCUT2D eigenvalue weighted by Crippen LogP contribution is -2.40. The van der Waals surface area contributed by atoms with Gasteiger partial charge in [-0.3, -0.25) is 0 Å². The van der Waals surface area contributed by atoms with E-state index in [9.17, 15) is 12.8 Å². The number of rotatable bonds is 3. The first kappa shape index (κ1) is 15.3. The van der Waals surface area contributed by atoms with Crippen LogP contribution in [0.4, 0.5) is 10.1 Å². The third kappa shape index (κ3) is 2.81. The second-order valence-electron chi connectivity index (χ2n) is 5.64. The van der Waals surface area contributed by atoms with Gasteiger partial charge in [-0.05, 0) is 36.8 Å². The summed E-state index contributed by atoms with van der Waals surface area (Å²) in [6.07, 6.45) is 1.62. The lowest BCUT2D eigenvalue weighted by atomic mass is 9.87. The summed E-state index contributed by atoms with van der Waals surface area (Å²) in [6, 6.07) is 3.95. The molecule has 2 N–H and O–H groups in total.